The monoisotopic (exact) mass is 421 g/mol. The number of anilines is 2. The minimum atomic E-state index is -0.555. The second kappa shape index (κ2) is 8.74. The van der Waals surface area contributed by atoms with Crippen LogP contribution in [0.4, 0.5) is 16.2 Å². The maximum Gasteiger partial charge on any atom is 0.307 e. The fourth-order valence-electron chi connectivity index (χ4n) is 2.94. The Labute approximate surface area is 177 Å². The molecular weight excluding hydrogens is 401 g/mol. The Hall–Kier alpha value is -4.08. The van der Waals surface area contributed by atoms with Crippen LogP contribution in [0.15, 0.2) is 53.4 Å². The summed E-state index contributed by atoms with van der Waals surface area (Å²) in [6.45, 7) is 1.52. The second-order valence-corrected chi connectivity index (χ2v) is 6.86. The largest absolute Gasteiger partial charge is 0.440 e. The van der Waals surface area contributed by atoms with Gasteiger partial charge in [-0.25, -0.2) is 19.3 Å². The third-order valence-corrected chi connectivity index (χ3v) is 4.57. The molecule has 0 aliphatic carbocycles. The van der Waals surface area contributed by atoms with Gasteiger partial charge < -0.3 is 15.1 Å². The van der Waals surface area contributed by atoms with Crippen molar-refractivity contribution < 1.29 is 13.6 Å². The molecule has 10 heteroatoms. The summed E-state index contributed by atoms with van der Waals surface area (Å²) in [6, 6.07) is 8.73. The standard InChI is InChI=1S/C21H20FN7O2/c1-13-10-24-21(27-17-6-7-25-29(17)2)28-18(13)16-12-31-20(26-16)19(30)23-11-15-5-3-4-14(8-15)9-22/h3-8,10,12H,9,11H2,1-2H3,(H,23,30)(H,24,27,28). The van der Waals surface area contributed by atoms with E-state index in [2.05, 4.69) is 30.7 Å². The molecule has 4 rings (SSSR count). The number of alkyl halides is 1. The van der Waals surface area contributed by atoms with Crippen molar-refractivity contribution in [2.45, 2.75) is 20.1 Å². The van der Waals surface area contributed by atoms with Crippen LogP contribution >= 0.6 is 0 Å². The average molecular weight is 421 g/mol. The van der Waals surface area contributed by atoms with E-state index < -0.39 is 12.6 Å². The van der Waals surface area contributed by atoms with Crippen LogP contribution in [-0.4, -0.2) is 30.6 Å². The van der Waals surface area contributed by atoms with Crippen LogP contribution in [0.2, 0.25) is 0 Å². The van der Waals surface area contributed by atoms with Crippen molar-refractivity contribution in [3.8, 4) is 11.4 Å². The lowest BCUT2D eigenvalue weighted by atomic mass is 10.1. The Morgan fingerprint density at radius 2 is 2.06 bits per heavy atom. The molecule has 0 atom stereocenters. The fraction of sp³-hybridized carbons (Fsp3) is 0.190. The summed E-state index contributed by atoms with van der Waals surface area (Å²) in [4.78, 5) is 25.5. The van der Waals surface area contributed by atoms with Crippen LogP contribution in [0.25, 0.3) is 11.4 Å². The van der Waals surface area contributed by atoms with E-state index in [1.807, 2.05) is 13.0 Å². The normalized spacial score (nSPS) is 10.8. The highest BCUT2D eigenvalue weighted by Crippen LogP contribution is 2.22. The van der Waals surface area contributed by atoms with Crippen LogP contribution in [-0.2, 0) is 20.3 Å². The molecule has 0 radical (unpaired) electrons. The smallest absolute Gasteiger partial charge is 0.307 e. The minimum absolute atomic E-state index is 0.0872. The van der Waals surface area contributed by atoms with E-state index in [1.165, 1.54) is 6.26 Å². The Morgan fingerprint density at radius 1 is 1.23 bits per heavy atom. The molecule has 0 saturated heterocycles. The molecule has 9 nitrogen and oxygen atoms in total. The molecule has 0 spiro atoms. The maximum absolute atomic E-state index is 12.8. The van der Waals surface area contributed by atoms with Crippen molar-refractivity contribution in [2.75, 3.05) is 5.32 Å². The number of amides is 1. The van der Waals surface area contributed by atoms with Gasteiger partial charge in [0.1, 0.15) is 30.1 Å². The number of nitrogens with one attached hydrogen (secondary N) is 2. The van der Waals surface area contributed by atoms with Gasteiger partial charge in [-0.05, 0) is 23.6 Å². The number of hydrogen-bond acceptors (Lipinski definition) is 7. The Kier molecular flexibility index (Phi) is 5.69. The topological polar surface area (TPSA) is 111 Å². The third kappa shape index (κ3) is 4.58. The molecule has 31 heavy (non-hydrogen) atoms. The molecular formula is C21H20FN7O2. The molecule has 0 fully saturated rings. The summed E-state index contributed by atoms with van der Waals surface area (Å²) in [5, 5.41) is 9.89. The number of aryl methyl sites for hydroxylation is 2. The lowest BCUT2D eigenvalue weighted by Gasteiger charge is -2.07. The number of nitrogens with zero attached hydrogens (tertiary/aromatic N) is 5. The van der Waals surface area contributed by atoms with Gasteiger partial charge in [-0.1, -0.05) is 24.3 Å². The van der Waals surface area contributed by atoms with Crippen LogP contribution in [0.3, 0.4) is 0 Å². The summed E-state index contributed by atoms with van der Waals surface area (Å²) in [5.41, 5.74) is 3.07. The Balaban J connectivity index is 1.48. The number of benzene rings is 1. The molecule has 0 unspecified atom stereocenters. The van der Waals surface area contributed by atoms with E-state index in [9.17, 15) is 9.18 Å². The third-order valence-electron chi connectivity index (χ3n) is 4.57. The Bertz CT molecular complexity index is 1220. The number of halogens is 1. The molecule has 1 aromatic carbocycles. The van der Waals surface area contributed by atoms with E-state index in [1.54, 1.807) is 48.4 Å². The van der Waals surface area contributed by atoms with E-state index in [0.29, 0.717) is 22.9 Å². The van der Waals surface area contributed by atoms with Crippen LogP contribution < -0.4 is 10.6 Å². The number of carbonyl (C=O) groups excluding carboxylic acids is 1. The van der Waals surface area contributed by atoms with Gasteiger partial charge in [0, 0.05) is 25.9 Å². The molecule has 1 amide bonds. The summed E-state index contributed by atoms with van der Waals surface area (Å²) >= 11 is 0. The summed E-state index contributed by atoms with van der Waals surface area (Å²) in [5.74, 6) is 0.533. The lowest BCUT2D eigenvalue weighted by Crippen LogP contribution is -2.23. The first-order valence-electron chi connectivity index (χ1n) is 9.50. The second-order valence-electron chi connectivity index (χ2n) is 6.86. The van der Waals surface area contributed by atoms with E-state index in [4.69, 9.17) is 4.42 Å². The van der Waals surface area contributed by atoms with Crippen molar-refractivity contribution in [1.82, 2.24) is 30.0 Å². The molecule has 158 valence electrons. The SMILES string of the molecule is Cc1cnc(Nc2ccnn2C)nc1-c1coc(C(=O)NCc2cccc(CF)c2)n1. The van der Waals surface area contributed by atoms with E-state index >= 15 is 0 Å². The minimum Gasteiger partial charge on any atom is -0.440 e. The molecule has 0 aliphatic rings. The van der Waals surface area contributed by atoms with Gasteiger partial charge >= 0.3 is 5.91 Å². The highest BCUT2D eigenvalue weighted by atomic mass is 19.1. The van der Waals surface area contributed by atoms with Crippen molar-refractivity contribution in [3.05, 3.63) is 71.6 Å². The summed E-state index contributed by atoms with van der Waals surface area (Å²) in [7, 11) is 1.80. The van der Waals surface area contributed by atoms with Crippen LogP contribution in [0.1, 0.15) is 27.4 Å². The lowest BCUT2D eigenvalue weighted by molar-refractivity contribution is 0.0916. The molecule has 0 aliphatic heterocycles. The van der Waals surface area contributed by atoms with Gasteiger partial charge in [-0.3, -0.25) is 9.48 Å². The zero-order valence-electron chi connectivity index (χ0n) is 17.0. The van der Waals surface area contributed by atoms with Gasteiger partial charge in [-0.15, -0.1) is 0 Å². The van der Waals surface area contributed by atoms with Crippen molar-refractivity contribution in [2.24, 2.45) is 7.05 Å². The molecule has 3 heterocycles. The average Bonchev–Trinajstić information content (AvgIpc) is 3.43. The highest BCUT2D eigenvalue weighted by Gasteiger charge is 2.17. The van der Waals surface area contributed by atoms with E-state index in [-0.39, 0.29) is 12.4 Å². The van der Waals surface area contributed by atoms with Crippen molar-refractivity contribution >= 4 is 17.7 Å². The van der Waals surface area contributed by atoms with Gasteiger partial charge in [-0.2, -0.15) is 5.10 Å². The Morgan fingerprint density at radius 3 is 2.84 bits per heavy atom. The van der Waals surface area contributed by atoms with Gasteiger partial charge in [0.2, 0.25) is 5.95 Å². The molecule has 3 aromatic heterocycles. The number of carbonyl (C=O) groups is 1. The zero-order valence-corrected chi connectivity index (χ0v) is 17.0. The zero-order chi connectivity index (χ0) is 21.8. The predicted molar refractivity (Wildman–Crippen MR) is 111 cm³/mol. The molecule has 2 N–H and O–H groups in total. The fourth-order valence-corrected chi connectivity index (χ4v) is 2.94. The van der Waals surface area contributed by atoms with Crippen molar-refractivity contribution in [3.63, 3.8) is 0 Å². The van der Waals surface area contributed by atoms with Gasteiger partial charge in [0.05, 0.1) is 6.20 Å². The number of aromatic nitrogens is 5. The maximum atomic E-state index is 12.8. The molecule has 0 bridgehead atoms. The quantitative estimate of drug-likeness (QED) is 0.471. The number of oxazole rings is 1. The van der Waals surface area contributed by atoms with Crippen molar-refractivity contribution in [1.29, 1.82) is 0 Å². The number of rotatable bonds is 7. The first-order valence-corrected chi connectivity index (χ1v) is 9.50. The van der Waals surface area contributed by atoms with Crippen LogP contribution in [0, 0.1) is 6.92 Å². The van der Waals surface area contributed by atoms with Gasteiger partial charge in [0.15, 0.2) is 0 Å². The molecule has 0 saturated carbocycles. The van der Waals surface area contributed by atoms with Crippen LogP contribution in [0.5, 0.6) is 0 Å². The first kappa shape index (κ1) is 20.2. The molecule has 4 aromatic rings. The van der Waals surface area contributed by atoms with Gasteiger partial charge in [0.25, 0.3) is 5.89 Å². The predicted octanol–water partition coefficient (Wildman–Crippen LogP) is 3.32. The van der Waals surface area contributed by atoms with E-state index in [0.717, 1.165) is 16.9 Å². The summed E-state index contributed by atoms with van der Waals surface area (Å²) in [6.07, 6.45) is 4.70. The number of hydrogen-bond donors (Lipinski definition) is 2. The summed E-state index contributed by atoms with van der Waals surface area (Å²) < 4.78 is 19.8. The highest BCUT2D eigenvalue weighted by molar-refractivity contribution is 5.90. The first-order chi connectivity index (χ1) is 15.0.